The third-order valence-electron chi connectivity index (χ3n) is 12.8. The Kier molecular flexibility index (Phi) is 27.7. The lowest BCUT2D eigenvalue weighted by atomic mass is 10.1. The molecule has 0 spiro atoms. The quantitative estimate of drug-likeness (QED) is 0.121. The van der Waals surface area contributed by atoms with Gasteiger partial charge in [0.1, 0.15) is 11.6 Å². The van der Waals surface area contributed by atoms with Gasteiger partial charge in [-0.25, -0.2) is 4.79 Å². The number of amides is 3. The molecule has 4 aliphatic heterocycles. The fourth-order valence-corrected chi connectivity index (χ4v) is 8.58. The molecule has 0 saturated heterocycles. The number of aromatic nitrogens is 6. The highest BCUT2D eigenvalue weighted by Crippen LogP contribution is 2.22. The largest absolute Gasteiger partial charge is 0.454 e. The smallest absolute Gasteiger partial charge is 0.422 e. The summed E-state index contributed by atoms with van der Waals surface area (Å²) in [4.78, 5) is 53.8. The van der Waals surface area contributed by atoms with Crippen LogP contribution in [-0.4, -0.2) is 135 Å². The van der Waals surface area contributed by atoms with Crippen molar-refractivity contribution >= 4 is 35.2 Å². The molecule has 5 N–H and O–H groups in total. The Morgan fingerprint density at radius 2 is 0.877 bits per heavy atom. The van der Waals surface area contributed by atoms with Crippen molar-refractivity contribution in [3.63, 3.8) is 0 Å². The number of nitrogens with zero attached hydrogens (tertiary/aromatic N) is 8. The molecular weight excluding hydrogens is 1060 g/mol. The minimum Gasteiger partial charge on any atom is -0.454 e. The average Bonchev–Trinajstić information content (AvgIpc) is 3.39. The summed E-state index contributed by atoms with van der Waals surface area (Å²) in [6.45, 7) is 18.2. The molecule has 2 aromatic heterocycles. The first-order chi connectivity index (χ1) is 38.1. The number of urea groups is 1. The number of hydrogen-bond acceptors (Lipinski definition) is 14. The number of fused-ring (bicyclic) bond motifs is 32. The number of nitrogens with one attached hydrogen (secondary N) is 5. The lowest BCUT2D eigenvalue weighted by Crippen LogP contribution is -2.49. The van der Waals surface area contributed by atoms with Crippen LogP contribution in [0.1, 0.15) is 159 Å². The maximum atomic E-state index is 12.9. The number of carbonyl (C=O) groups is 2. The van der Waals surface area contributed by atoms with Crippen LogP contribution >= 0.6 is 0 Å². The minimum atomic E-state index is -4.50. The van der Waals surface area contributed by atoms with Crippen LogP contribution in [0.15, 0.2) is 61.7 Å². The van der Waals surface area contributed by atoms with E-state index in [0.29, 0.717) is 70.3 Å². The monoisotopic (exact) mass is 1140 g/mol. The van der Waals surface area contributed by atoms with Crippen molar-refractivity contribution in [2.24, 2.45) is 0 Å². The number of halogens is 6. The number of rotatable bonds is 4. The van der Waals surface area contributed by atoms with Gasteiger partial charge in [-0.3, -0.25) is 4.79 Å². The molecule has 23 heteroatoms. The summed E-state index contributed by atoms with van der Waals surface area (Å²) in [5.74, 6) is 1.12. The van der Waals surface area contributed by atoms with Gasteiger partial charge >= 0.3 is 30.4 Å². The van der Waals surface area contributed by atoms with Crippen LogP contribution < -0.4 is 36.1 Å². The van der Waals surface area contributed by atoms with Gasteiger partial charge in [0.25, 0.3) is 0 Å². The van der Waals surface area contributed by atoms with E-state index < -0.39 is 25.6 Å². The Bertz CT molecular complexity index is 2550. The molecule has 2 aromatic carbocycles. The van der Waals surface area contributed by atoms with Crippen molar-refractivity contribution in [2.75, 3.05) is 76.2 Å². The van der Waals surface area contributed by atoms with E-state index >= 15 is 0 Å². The standard InChI is InChI=1S/C30H44F3N7O2.C27H37F3N6O2.CH4/c1-22-24-14-12-23(13-15-24)20-25-36-26(38-27(37-25)42-21-30(31,32)33)35-16-9-7-5-6-8-10-18-40(19-11-17-34-22)28(41)39-29(2,3)4;1-20-23-12-10-22(11-13-23)18-24-33-25(35-26(34-24)38-19-27(28,29)30)32-14-7-5-3-4-6-8-16-36(21(2)37)17-9-15-31-20;/h12-15,34H,1,5-11,16-21H2,2-4H3,(H,39,41)(H,35,36,37,38);10-13,31H,1,3-9,14-19H2,2H3,(H,32,33,34,35);1H4. The van der Waals surface area contributed by atoms with Crippen molar-refractivity contribution in [3.05, 3.63) is 95.6 Å². The van der Waals surface area contributed by atoms with Crippen molar-refractivity contribution in [2.45, 2.75) is 156 Å². The van der Waals surface area contributed by atoms with Gasteiger partial charge in [0.2, 0.25) is 17.8 Å². The Labute approximate surface area is 474 Å². The number of benzene rings is 2. The Hall–Kier alpha value is -6.94. The second-order valence-electron chi connectivity index (χ2n) is 21.1. The number of alkyl halides is 6. The molecule has 81 heavy (non-hydrogen) atoms. The van der Waals surface area contributed by atoms with E-state index in [1.165, 1.54) is 0 Å². The molecule has 8 rings (SSSR count). The zero-order chi connectivity index (χ0) is 58.0. The molecule has 448 valence electrons. The summed E-state index contributed by atoms with van der Waals surface area (Å²) in [6.07, 6.45) is 5.15. The Balaban J connectivity index is 0.000000346. The number of ether oxygens (including phenoxy) is 2. The second-order valence-corrected chi connectivity index (χ2v) is 21.1. The summed E-state index contributed by atoms with van der Waals surface area (Å²) in [5, 5.41) is 16.0. The molecule has 8 bridgehead atoms. The van der Waals surface area contributed by atoms with E-state index in [-0.39, 0.29) is 48.8 Å². The molecule has 0 saturated carbocycles. The van der Waals surface area contributed by atoms with Gasteiger partial charge in [0.15, 0.2) is 13.2 Å². The molecule has 3 amide bonds. The number of hydrogen-bond donors (Lipinski definition) is 5. The van der Waals surface area contributed by atoms with E-state index in [1.54, 1.807) is 6.92 Å². The zero-order valence-electron chi connectivity index (χ0n) is 46.9. The highest BCUT2D eigenvalue weighted by atomic mass is 19.4. The molecular formula is C58H85F6N13O4. The third-order valence-corrected chi connectivity index (χ3v) is 12.8. The SMILES string of the molecule is C.C=C1NCCCN(C(=O)NC(C)(C)C)CCCCCCCCNc2nc(nc(OCC(F)(F)F)n2)Cc2ccc1cc2.C=C1NCCCN(C(C)=O)CCCCCCCCNc2nc(nc(OCC(F)(F)F)n2)Cc2ccc1cc2. The third kappa shape index (κ3) is 27.4. The molecule has 0 aliphatic carbocycles. The van der Waals surface area contributed by atoms with Crippen molar-refractivity contribution in [1.82, 2.24) is 55.7 Å². The number of anilines is 2. The molecule has 0 fully saturated rings. The van der Waals surface area contributed by atoms with E-state index in [9.17, 15) is 35.9 Å². The van der Waals surface area contributed by atoms with Crippen LogP contribution in [0.5, 0.6) is 12.0 Å². The first kappa shape index (κ1) is 66.6. The van der Waals surface area contributed by atoms with Crippen LogP contribution in [-0.2, 0) is 17.6 Å². The highest BCUT2D eigenvalue weighted by Gasteiger charge is 2.30. The van der Waals surface area contributed by atoms with Crippen molar-refractivity contribution in [1.29, 1.82) is 0 Å². The highest BCUT2D eigenvalue weighted by molar-refractivity contribution is 5.75. The second kappa shape index (κ2) is 33.7. The van der Waals surface area contributed by atoms with Crippen molar-refractivity contribution < 1.29 is 45.4 Å². The normalized spacial score (nSPS) is 16.6. The zero-order valence-corrected chi connectivity index (χ0v) is 46.9. The van der Waals surface area contributed by atoms with Gasteiger partial charge in [-0.1, -0.05) is 120 Å². The summed E-state index contributed by atoms with van der Waals surface area (Å²) in [6, 6.07) is 14.6. The lowest BCUT2D eigenvalue weighted by molar-refractivity contribution is -0.155. The minimum absolute atomic E-state index is 0. The number of carbonyl (C=O) groups excluding carboxylic acids is 2. The van der Waals surface area contributed by atoms with Crippen LogP contribution in [0.4, 0.5) is 43.0 Å². The first-order valence-corrected chi connectivity index (χ1v) is 27.8. The van der Waals surface area contributed by atoms with E-state index in [0.717, 1.165) is 130 Å². The predicted molar refractivity (Wildman–Crippen MR) is 306 cm³/mol. The lowest BCUT2D eigenvalue weighted by Gasteiger charge is -2.28. The van der Waals surface area contributed by atoms with Crippen LogP contribution in [0.2, 0.25) is 0 Å². The average molecular weight is 1140 g/mol. The maximum Gasteiger partial charge on any atom is 0.422 e. The van der Waals surface area contributed by atoms with Gasteiger partial charge in [-0.15, -0.1) is 0 Å². The molecule has 0 radical (unpaired) electrons. The van der Waals surface area contributed by atoms with Gasteiger partial charge < -0.3 is 45.9 Å². The van der Waals surface area contributed by atoms with Crippen LogP contribution in [0, 0.1) is 0 Å². The van der Waals surface area contributed by atoms with E-state index in [2.05, 4.69) is 69.6 Å². The molecule has 0 unspecified atom stereocenters. The van der Waals surface area contributed by atoms with Crippen LogP contribution in [0.25, 0.3) is 11.4 Å². The van der Waals surface area contributed by atoms with Gasteiger partial charge in [-0.05, 0) is 81.5 Å². The molecule has 0 atom stereocenters. The summed E-state index contributed by atoms with van der Waals surface area (Å²) >= 11 is 0. The van der Waals surface area contributed by atoms with Crippen LogP contribution in [0.3, 0.4) is 0 Å². The Morgan fingerprint density at radius 3 is 1.27 bits per heavy atom. The van der Waals surface area contributed by atoms with Gasteiger partial charge in [-0.2, -0.15) is 56.2 Å². The summed E-state index contributed by atoms with van der Waals surface area (Å²) in [5.41, 5.74) is 4.83. The summed E-state index contributed by atoms with van der Waals surface area (Å²) < 4.78 is 85.9. The first-order valence-electron chi connectivity index (χ1n) is 27.8. The van der Waals surface area contributed by atoms with Gasteiger partial charge in [0.05, 0.1) is 0 Å². The van der Waals surface area contributed by atoms with Crippen molar-refractivity contribution in [3.8, 4) is 12.0 Å². The topological polar surface area (TPSA) is 197 Å². The Morgan fingerprint density at radius 1 is 0.519 bits per heavy atom. The van der Waals surface area contributed by atoms with Gasteiger partial charge in [0, 0.05) is 89.1 Å². The van der Waals surface area contributed by atoms with E-state index in [4.69, 9.17) is 9.47 Å². The maximum absolute atomic E-state index is 12.9. The molecule has 17 nitrogen and oxygen atoms in total. The molecule has 4 aliphatic rings. The summed E-state index contributed by atoms with van der Waals surface area (Å²) in [7, 11) is 0. The fourth-order valence-electron chi connectivity index (χ4n) is 8.58. The molecule has 6 heterocycles. The van der Waals surface area contributed by atoms with E-state index in [1.807, 2.05) is 79.1 Å². The predicted octanol–water partition coefficient (Wildman–Crippen LogP) is 11.5. The fraction of sp³-hybridized carbons (Fsp3) is 0.586. The molecule has 4 aromatic rings.